The van der Waals surface area contributed by atoms with Gasteiger partial charge in [0.05, 0.1) is 19.3 Å². The SMILES string of the molecule is COC(=O)c1[nH]c(C)c(C(=O)[C@H](C)N(C[C@H]2CCCO2)C(=O)CC(C)C)c1C. The first-order valence-corrected chi connectivity index (χ1v) is 9.90. The molecule has 2 heterocycles. The average Bonchev–Trinajstić information content (AvgIpc) is 3.25. The summed E-state index contributed by atoms with van der Waals surface area (Å²) >= 11 is 0. The van der Waals surface area contributed by atoms with Crippen LogP contribution in [0.1, 0.15) is 72.1 Å². The largest absolute Gasteiger partial charge is 0.464 e. The summed E-state index contributed by atoms with van der Waals surface area (Å²) < 4.78 is 10.5. The molecule has 2 atom stereocenters. The molecule has 0 aliphatic carbocycles. The van der Waals surface area contributed by atoms with Crippen LogP contribution in [-0.2, 0) is 14.3 Å². The fourth-order valence-corrected chi connectivity index (χ4v) is 3.73. The van der Waals surface area contributed by atoms with Crippen LogP contribution in [0.2, 0.25) is 0 Å². The number of carbonyl (C=O) groups is 3. The van der Waals surface area contributed by atoms with Crippen LogP contribution < -0.4 is 0 Å². The lowest BCUT2D eigenvalue weighted by Gasteiger charge is -2.31. The van der Waals surface area contributed by atoms with Gasteiger partial charge in [0.25, 0.3) is 0 Å². The normalized spacial score (nSPS) is 17.6. The predicted molar refractivity (Wildman–Crippen MR) is 106 cm³/mol. The number of methoxy groups -OCH3 is 1. The van der Waals surface area contributed by atoms with Crippen LogP contribution in [0.15, 0.2) is 0 Å². The highest BCUT2D eigenvalue weighted by Gasteiger charge is 2.33. The Balaban J connectivity index is 2.30. The molecule has 1 aliphatic rings. The molecule has 0 aromatic carbocycles. The Morgan fingerprint density at radius 1 is 1.25 bits per heavy atom. The molecule has 1 aliphatic heterocycles. The molecule has 1 fully saturated rings. The Hall–Kier alpha value is -2.15. The first-order valence-electron chi connectivity index (χ1n) is 9.90. The molecule has 1 saturated heterocycles. The number of ketones is 1. The van der Waals surface area contributed by atoms with E-state index in [0.717, 1.165) is 12.8 Å². The van der Waals surface area contributed by atoms with Gasteiger partial charge in [-0.1, -0.05) is 13.8 Å². The summed E-state index contributed by atoms with van der Waals surface area (Å²) in [7, 11) is 1.30. The molecule has 0 spiro atoms. The summed E-state index contributed by atoms with van der Waals surface area (Å²) in [6.45, 7) is 10.3. The number of ether oxygens (including phenoxy) is 2. The van der Waals surface area contributed by atoms with E-state index >= 15 is 0 Å². The molecular formula is C21H32N2O5. The van der Waals surface area contributed by atoms with Crippen LogP contribution in [-0.4, -0.2) is 60.0 Å². The third-order valence-electron chi connectivity index (χ3n) is 5.25. The zero-order valence-electron chi connectivity index (χ0n) is 17.8. The van der Waals surface area contributed by atoms with Crippen LogP contribution >= 0.6 is 0 Å². The van der Waals surface area contributed by atoms with E-state index in [-0.39, 0.29) is 29.4 Å². The van der Waals surface area contributed by atoms with Crippen LogP contribution in [0.5, 0.6) is 0 Å². The maximum absolute atomic E-state index is 13.3. The van der Waals surface area contributed by atoms with Gasteiger partial charge in [-0.25, -0.2) is 4.79 Å². The summed E-state index contributed by atoms with van der Waals surface area (Å²) in [4.78, 5) is 42.7. The van der Waals surface area contributed by atoms with Crippen LogP contribution in [0.3, 0.4) is 0 Å². The van der Waals surface area contributed by atoms with Gasteiger partial charge in [-0.2, -0.15) is 0 Å². The molecule has 1 N–H and O–H groups in total. The number of aromatic nitrogens is 1. The number of aryl methyl sites for hydroxylation is 1. The number of carbonyl (C=O) groups excluding carboxylic acids is 3. The number of amides is 1. The molecule has 28 heavy (non-hydrogen) atoms. The second kappa shape index (κ2) is 9.37. The van der Waals surface area contributed by atoms with Crippen molar-refractivity contribution in [2.75, 3.05) is 20.3 Å². The van der Waals surface area contributed by atoms with E-state index in [2.05, 4.69) is 4.98 Å². The van der Waals surface area contributed by atoms with Crippen molar-refractivity contribution in [1.82, 2.24) is 9.88 Å². The number of aromatic amines is 1. The first kappa shape index (κ1) is 22.1. The van der Waals surface area contributed by atoms with Crippen molar-refractivity contribution >= 4 is 17.7 Å². The lowest BCUT2D eigenvalue weighted by molar-refractivity contribution is -0.134. The van der Waals surface area contributed by atoms with Crippen molar-refractivity contribution in [2.24, 2.45) is 5.92 Å². The topological polar surface area (TPSA) is 88.7 Å². The van der Waals surface area contributed by atoms with E-state index in [1.807, 2.05) is 13.8 Å². The van der Waals surface area contributed by atoms with Crippen molar-refractivity contribution < 1.29 is 23.9 Å². The lowest BCUT2D eigenvalue weighted by atomic mass is 9.98. The highest BCUT2D eigenvalue weighted by Crippen LogP contribution is 2.24. The van der Waals surface area contributed by atoms with E-state index in [0.29, 0.717) is 36.4 Å². The molecule has 0 bridgehead atoms. The Bertz CT molecular complexity index is 731. The Kier molecular flexibility index (Phi) is 7.41. The monoisotopic (exact) mass is 392 g/mol. The molecule has 156 valence electrons. The van der Waals surface area contributed by atoms with Crippen molar-refractivity contribution in [3.05, 3.63) is 22.5 Å². The van der Waals surface area contributed by atoms with E-state index in [1.165, 1.54) is 7.11 Å². The number of hydrogen-bond donors (Lipinski definition) is 1. The number of nitrogens with one attached hydrogen (secondary N) is 1. The van der Waals surface area contributed by atoms with Gasteiger partial charge in [0.15, 0.2) is 5.78 Å². The Morgan fingerprint density at radius 3 is 2.46 bits per heavy atom. The number of esters is 1. The second-order valence-electron chi connectivity index (χ2n) is 7.94. The van der Waals surface area contributed by atoms with Gasteiger partial charge < -0.3 is 19.4 Å². The molecule has 1 aromatic heterocycles. The van der Waals surface area contributed by atoms with Crippen LogP contribution in [0.25, 0.3) is 0 Å². The van der Waals surface area contributed by atoms with E-state index < -0.39 is 12.0 Å². The van der Waals surface area contributed by atoms with E-state index in [9.17, 15) is 14.4 Å². The lowest BCUT2D eigenvalue weighted by Crippen LogP contribution is -2.47. The average molecular weight is 392 g/mol. The molecule has 2 rings (SSSR count). The quantitative estimate of drug-likeness (QED) is 0.543. The van der Waals surface area contributed by atoms with Crippen molar-refractivity contribution in [3.8, 4) is 0 Å². The van der Waals surface area contributed by atoms with E-state index in [1.54, 1.807) is 25.7 Å². The van der Waals surface area contributed by atoms with Gasteiger partial charge >= 0.3 is 5.97 Å². The fourth-order valence-electron chi connectivity index (χ4n) is 3.73. The highest BCUT2D eigenvalue weighted by molar-refractivity contribution is 6.06. The number of Topliss-reactive ketones (excluding diaryl/α,β-unsaturated/α-hetero) is 1. The van der Waals surface area contributed by atoms with Gasteiger partial charge in [-0.05, 0) is 45.1 Å². The third kappa shape index (κ3) is 4.82. The molecule has 0 radical (unpaired) electrons. The summed E-state index contributed by atoms with van der Waals surface area (Å²) in [5.74, 6) is -0.551. The van der Waals surface area contributed by atoms with Crippen LogP contribution in [0.4, 0.5) is 0 Å². The molecule has 0 saturated carbocycles. The fraction of sp³-hybridized carbons (Fsp3) is 0.667. The van der Waals surface area contributed by atoms with Gasteiger partial charge in [0.2, 0.25) is 5.91 Å². The third-order valence-corrected chi connectivity index (χ3v) is 5.25. The zero-order chi connectivity index (χ0) is 21.0. The van der Waals surface area contributed by atoms with Crippen molar-refractivity contribution in [1.29, 1.82) is 0 Å². The Morgan fingerprint density at radius 2 is 1.93 bits per heavy atom. The number of hydrogen-bond acceptors (Lipinski definition) is 5. The minimum atomic E-state index is -0.644. The minimum absolute atomic E-state index is 0.0367. The van der Waals surface area contributed by atoms with Crippen molar-refractivity contribution in [2.45, 2.75) is 66.0 Å². The molecule has 7 nitrogen and oxygen atoms in total. The molecule has 7 heteroatoms. The van der Waals surface area contributed by atoms with Gasteiger partial charge in [-0.15, -0.1) is 0 Å². The summed E-state index contributed by atoms with van der Waals surface area (Å²) in [5, 5.41) is 0. The predicted octanol–water partition coefficient (Wildman–Crippen LogP) is 3.04. The number of rotatable bonds is 8. The molecular weight excluding hydrogens is 360 g/mol. The smallest absolute Gasteiger partial charge is 0.354 e. The maximum Gasteiger partial charge on any atom is 0.354 e. The second-order valence-corrected chi connectivity index (χ2v) is 7.94. The van der Waals surface area contributed by atoms with Gasteiger partial charge in [0.1, 0.15) is 5.69 Å². The molecule has 0 unspecified atom stereocenters. The van der Waals surface area contributed by atoms with Gasteiger partial charge in [-0.3, -0.25) is 9.59 Å². The van der Waals surface area contributed by atoms with Crippen LogP contribution in [0, 0.1) is 19.8 Å². The zero-order valence-corrected chi connectivity index (χ0v) is 17.8. The summed E-state index contributed by atoms with van der Waals surface area (Å²) in [6.07, 6.45) is 2.20. The number of nitrogens with zero attached hydrogens (tertiary/aromatic N) is 1. The highest BCUT2D eigenvalue weighted by atomic mass is 16.5. The molecule has 1 aromatic rings. The minimum Gasteiger partial charge on any atom is -0.464 e. The summed E-state index contributed by atoms with van der Waals surface area (Å²) in [5.41, 5.74) is 1.87. The standard InChI is InChI=1S/C21H32N2O5/c1-12(2)10-17(24)23(11-16-8-7-9-28-16)15(5)20(25)18-13(3)19(21(26)27-6)22-14(18)4/h12,15-16,22H,7-11H2,1-6H3/t15-,16+/m0/s1. The van der Waals surface area contributed by atoms with Crippen molar-refractivity contribution in [3.63, 3.8) is 0 Å². The number of H-pyrrole nitrogens is 1. The maximum atomic E-state index is 13.3. The van der Waals surface area contributed by atoms with Gasteiger partial charge in [0, 0.05) is 30.8 Å². The van der Waals surface area contributed by atoms with E-state index in [4.69, 9.17) is 9.47 Å². The molecule has 1 amide bonds. The first-order chi connectivity index (χ1) is 13.2. The summed E-state index contributed by atoms with van der Waals surface area (Å²) in [6, 6.07) is -0.644. The Labute approximate surface area is 166 Å².